The van der Waals surface area contributed by atoms with Gasteiger partial charge in [0.25, 0.3) is 0 Å². The normalized spacial score (nSPS) is 13.2. The van der Waals surface area contributed by atoms with Crippen LogP contribution >= 0.6 is 0 Å². The number of rotatable bonds is 6. The van der Waals surface area contributed by atoms with E-state index >= 15 is 0 Å². The first-order chi connectivity index (χ1) is 15.2. The molecule has 0 aliphatic heterocycles. The summed E-state index contributed by atoms with van der Waals surface area (Å²) in [6.07, 6.45) is 0.908. The zero-order chi connectivity index (χ0) is 21.1. The van der Waals surface area contributed by atoms with Gasteiger partial charge in [0.1, 0.15) is 11.4 Å². The molecule has 152 valence electrons. The maximum Gasteiger partial charge on any atom is 0.117 e. The maximum absolute atomic E-state index is 12.0. The molecule has 0 saturated heterocycles. The highest BCUT2D eigenvalue weighted by molar-refractivity contribution is 5.78. The molecule has 3 nitrogen and oxygen atoms in total. The summed E-state index contributed by atoms with van der Waals surface area (Å²) < 4.78 is 2.16. The number of benzene rings is 4. The van der Waals surface area contributed by atoms with E-state index in [0.29, 0.717) is 12.8 Å². The van der Waals surface area contributed by atoms with Gasteiger partial charge in [-0.1, -0.05) is 91.0 Å². The van der Waals surface area contributed by atoms with E-state index in [0.717, 1.165) is 33.7 Å². The van der Waals surface area contributed by atoms with E-state index in [2.05, 4.69) is 34.9 Å². The summed E-state index contributed by atoms with van der Waals surface area (Å²) in [7, 11) is 0. The van der Waals surface area contributed by atoms with Crippen LogP contribution in [-0.4, -0.2) is 14.7 Å². The number of imidazole rings is 1. The molecule has 0 amide bonds. The van der Waals surface area contributed by atoms with Gasteiger partial charge in [-0.15, -0.1) is 0 Å². The van der Waals surface area contributed by atoms with Gasteiger partial charge < -0.3 is 5.11 Å². The van der Waals surface area contributed by atoms with Crippen LogP contribution in [0.1, 0.15) is 17.0 Å². The molecule has 3 heteroatoms. The van der Waals surface area contributed by atoms with Gasteiger partial charge >= 0.3 is 0 Å². The van der Waals surface area contributed by atoms with Crippen molar-refractivity contribution in [3.63, 3.8) is 0 Å². The lowest BCUT2D eigenvalue weighted by atomic mass is 9.84. The third-order valence-corrected chi connectivity index (χ3v) is 5.75. The van der Waals surface area contributed by atoms with Crippen molar-refractivity contribution in [1.82, 2.24) is 9.55 Å². The average Bonchev–Trinajstić information content (AvgIpc) is 3.18. The van der Waals surface area contributed by atoms with Crippen molar-refractivity contribution in [2.75, 3.05) is 0 Å². The van der Waals surface area contributed by atoms with Gasteiger partial charge in [0.2, 0.25) is 0 Å². The maximum atomic E-state index is 12.0. The van der Waals surface area contributed by atoms with Crippen LogP contribution in [0.2, 0.25) is 0 Å². The summed E-state index contributed by atoms with van der Waals surface area (Å²) in [5.74, 6) is 0.842. The van der Waals surface area contributed by atoms with Gasteiger partial charge in [-0.2, -0.15) is 0 Å². The zero-order valence-corrected chi connectivity index (χ0v) is 17.2. The van der Waals surface area contributed by atoms with Crippen LogP contribution in [-0.2, 0) is 18.4 Å². The Labute approximate surface area is 182 Å². The molecule has 1 atom stereocenters. The van der Waals surface area contributed by atoms with E-state index in [1.807, 2.05) is 84.9 Å². The summed E-state index contributed by atoms with van der Waals surface area (Å²) in [5.41, 5.74) is 3.91. The van der Waals surface area contributed by atoms with E-state index in [9.17, 15) is 5.11 Å². The molecule has 4 aromatic carbocycles. The minimum absolute atomic E-state index is 0.398. The number of aliphatic hydroxyl groups is 1. The van der Waals surface area contributed by atoms with E-state index in [1.54, 1.807) is 0 Å². The van der Waals surface area contributed by atoms with Gasteiger partial charge in [-0.3, -0.25) is 4.57 Å². The summed E-state index contributed by atoms with van der Waals surface area (Å²) >= 11 is 0. The van der Waals surface area contributed by atoms with E-state index in [1.165, 1.54) is 0 Å². The Morgan fingerprint density at radius 1 is 0.645 bits per heavy atom. The molecule has 31 heavy (non-hydrogen) atoms. The van der Waals surface area contributed by atoms with Crippen LogP contribution in [0.4, 0.5) is 0 Å². The third-order valence-electron chi connectivity index (χ3n) is 5.75. The van der Waals surface area contributed by atoms with Crippen LogP contribution in [0.25, 0.3) is 16.7 Å². The fraction of sp³-hybridized carbons (Fsp3) is 0.107. The number of hydrogen-bond acceptors (Lipinski definition) is 2. The fourth-order valence-electron chi connectivity index (χ4n) is 4.27. The number of para-hydroxylation sites is 3. The fourth-order valence-corrected chi connectivity index (χ4v) is 4.27. The Bertz CT molecular complexity index is 1280. The molecule has 5 rings (SSSR count). The molecule has 0 fully saturated rings. The Morgan fingerprint density at radius 2 is 1.23 bits per heavy atom. The molecule has 1 heterocycles. The van der Waals surface area contributed by atoms with Gasteiger partial charge in [0.05, 0.1) is 11.0 Å². The van der Waals surface area contributed by atoms with E-state index in [4.69, 9.17) is 4.98 Å². The number of aromatic nitrogens is 2. The number of fused-ring (bicyclic) bond motifs is 1. The second kappa shape index (κ2) is 8.21. The lowest BCUT2D eigenvalue weighted by molar-refractivity contribution is 0.0348. The van der Waals surface area contributed by atoms with Crippen molar-refractivity contribution >= 4 is 11.0 Å². The highest BCUT2D eigenvalue weighted by Gasteiger charge is 2.32. The van der Waals surface area contributed by atoms with Crippen molar-refractivity contribution < 1.29 is 5.11 Å². The van der Waals surface area contributed by atoms with Crippen LogP contribution in [0, 0.1) is 0 Å². The van der Waals surface area contributed by atoms with E-state index in [-0.39, 0.29) is 0 Å². The molecule has 0 bridgehead atoms. The minimum Gasteiger partial charge on any atom is -0.384 e. The van der Waals surface area contributed by atoms with Crippen molar-refractivity contribution in [2.24, 2.45) is 0 Å². The molecular formula is C28H24N2O. The Hall–Kier alpha value is -3.69. The Morgan fingerprint density at radius 3 is 1.94 bits per heavy atom. The average molecular weight is 405 g/mol. The monoisotopic (exact) mass is 404 g/mol. The van der Waals surface area contributed by atoms with Crippen molar-refractivity contribution in [2.45, 2.75) is 18.4 Å². The Balaban J connectivity index is 1.65. The van der Waals surface area contributed by atoms with Crippen molar-refractivity contribution in [3.8, 4) is 5.69 Å². The first-order valence-electron chi connectivity index (χ1n) is 10.6. The SMILES string of the molecule is OC(Cc1ccccc1)(Cc1nc2ccccc2n1-c1ccccc1)c1ccccc1. The van der Waals surface area contributed by atoms with Gasteiger partial charge in [0.15, 0.2) is 0 Å². The number of hydrogen-bond donors (Lipinski definition) is 1. The van der Waals surface area contributed by atoms with Gasteiger partial charge in [-0.25, -0.2) is 4.98 Å². The zero-order valence-electron chi connectivity index (χ0n) is 17.2. The first-order valence-corrected chi connectivity index (χ1v) is 10.6. The van der Waals surface area contributed by atoms with Crippen LogP contribution in [0.3, 0.4) is 0 Å². The summed E-state index contributed by atoms with van der Waals surface area (Å²) in [5, 5.41) is 12.0. The predicted octanol–water partition coefficient (Wildman–Crippen LogP) is 5.70. The largest absolute Gasteiger partial charge is 0.384 e. The molecule has 1 aromatic heterocycles. The summed E-state index contributed by atoms with van der Waals surface area (Å²) in [6, 6.07) is 38.5. The second-order valence-electron chi connectivity index (χ2n) is 7.92. The predicted molar refractivity (Wildman–Crippen MR) is 125 cm³/mol. The minimum atomic E-state index is -1.09. The molecule has 1 unspecified atom stereocenters. The topological polar surface area (TPSA) is 38.1 Å². The standard InChI is InChI=1S/C28H24N2O/c31-28(23-14-6-2-7-15-23,20-22-12-4-1-5-13-22)21-27-29-25-18-10-11-19-26(25)30(27)24-16-8-3-9-17-24/h1-19,31H,20-21H2. The second-order valence-corrected chi connectivity index (χ2v) is 7.92. The molecular weight excluding hydrogens is 380 g/mol. The molecule has 0 radical (unpaired) electrons. The molecule has 0 aliphatic carbocycles. The van der Waals surface area contributed by atoms with Gasteiger partial charge in [0, 0.05) is 18.5 Å². The third kappa shape index (κ3) is 3.88. The van der Waals surface area contributed by atoms with E-state index < -0.39 is 5.60 Å². The summed E-state index contributed by atoms with van der Waals surface area (Å²) in [6.45, 7) is 0. The quantitative estimate of drug-likeness (QED) is 0.394. The highest BCUT2D eigenvalue weighted by Crippen LogP contribution is 2.32. The van der Waals surface area contributed by atoms with Crippen molar-refractivity contribution in [3.05, 3.63) is 132 Å². The van der Waals surface area contributed by atoms with Crippen LogP contribution in [0.15, 0.2) is 115 Å². The Kier molecular flexibility index (Phi) is 5.11. The summed E-state index contributed by atoms with van der Waals surface area (Å²) in [4.78, 5) is 4.94. The molecule has 0 spiro atoms. The van der Waals surface area contributed by atoms with Crippen LogP contribution in [0.5, 0.6) is 0 Å². The number of nitrogens with zero attached hydrogens (tertiary/aromatic N) is 2. The van der Waals surface area contributed by atoms with Crippen molar-refractivity contribution in [1.29, 1.82) is 0 Å². The highest BCUT2D eigenvalue weighted by atomic mass is 16.3. The smallest absolute Gasteiger partial charge is 0.117 e. The molecule has 0 aliphatic rings. The van der Waals surface area contributed by atoms with Crippen LogP contribution < -0.4 is 0 Å². The lowest BCUT2D eigenvalue weighted by Gasteiger charge is -2.29. The molecule has 1 N–H and O–H groups in total. The first kappa shape index (κ1) is 19.3. The van der Waals surface area contributed by atoms with Gasteiger partial charge in [-0.05, 0) is 35.4 Å². The molecule has 5 aromatic rings. The lowest BCUT2D eigenvalue weighted by Crippen LogP contribution is -2.32. The molecule has 0 saturated carbocycles.